The average Bonchev–Trinajstić information content (AvgIpc) is 2.92. The number of aromatic nitrogens is 4. The van der Waals surface area contributed by atoms with Crippen LogP contribution in [0.1, 0.15) is 23.2 Å². The lowest BCUT2D eigenvalue weighted by Gasteiger charge is -2.33. The number of aromatic amines is 1. The van der Waals surface area contributed by atoms with Gasteiger partial charge in [0.1, 0.15) is 0 Å². The molecule has 22 heavy (non-hydrogen) atoms. The van der Waals surface area contributed by atoms with Crippen LogP contribution in [0.15, 0.2) is 18.2 Å². The molecule has 1 atom stereocenters. The number of nitrogens with zero attached hydrogens (tertiary/aromatic N) is 4. The summed E-state index contributed by atoms with van der Waals surface area (Å²) in [6, 6.07) is 4.89. The van der Waals surface area contributed by atoms with Crippen LogP contribution in [0.25, 0.3) is 5.69 Å². The minimum Gasteiger partial charge on any atom is -0.478 e. The van der Waals surface area contributed by atoms with Crippen LogP contribution < -0.4 is 4.90 Å². The van der Waals surface area contributed by atoms with E-state index in [4.69, 9.17) is 12.2 Å². The lowest BCUT2D eigenvalue weighted by Crippen LogP contribution is -2.39. The normalized spacial score (nSPS) is 18.4. The molecule has 9 heteroatoms. The van der Waals surface area contributed by atoms with Gasteiger partial charge in [0.15, 0.2) is 0 Å². The van der Waals surface area contributed by atoms with Gasteiger partial charge < -0.3 is 15.1 Å². The molecule has 1 aliphatic rings. The van der Waals surface area contributed by atoms with E-state index in [1.165, 1.54) is 10.7 Å². The molecule has 0 aliphatic carbocycles. The Bertz CT molecular complexity index is 756. The second-order valence-corrected chi connectivity index (χ2v) is 5.53. The van der Waals surface area contributed by atoms with E-state index in [9.17, 15) is 15.0 Å². The van der Waals surface area contributed by atoms with Gasteiger partial charge in [0, 0.05) is 13.1 Å². The molecule has 1 saturated heterocycles. The molecule has 0 saturated carbocycles. The van der Waals surface area contributed by atoms with E-state index in [-0.39, 0.29) is 10.3 Å². The maximum atomic E-state index is 11.5. The summed E-state index contributed by atoms with van der Waals surface area (Å²) in [7, 11) is 0. The van der Waals surface area contributed by atoms with Gasteiger partial charge in [0.25, 0.3) is 0 Å². The molecule has 1 aromatic heterocycles. The van der Waals surface area contributed by atoms with Crippen LogP contribution in [0.4, 0.5) is 5.69 Å². The number of carbonyl (C=O) groups is 1. The molecule has 1 aromatic carbocycles. The number of aliphatic hydroxyl groups excluding tert-OH is 1. The van der Waals surface area contributed by atoms with Crippen LogP contribution in [0.5, 0.6) is 0 Å². The van der Waals surface area contributed by atoms with Crippen LogP contribution >= 0.6 is 12.2 Å². The fourth-order valence-corrected chi connectivity index (χ4v) is 2.83. The first-order chi connectivity index (χ1) is 10.6. The van der Waals surface area contributed by atoms with Crippen molar-refractivity contribution >= 4 is 23.9 Å². The molecule has 0 spiro atoms. The van der Waals surface area contributed by atoms with Gasteiger partial charge in [0.2, 0.25) is 4.77 Å². The van der Waals surface area contributed by atoms with Crippen molar-refractivity contribution in [3.63, 3.8) is 0 Å². The van der Waals surface area contributed by atoms with Crippen molar-refractivity contribution in [1.82, 2.24) is 20.2 Å². The number of nitrogens with one attached hydrogen (secondary N) is 1. The Morgan fingerprint density at radius 1 is 1.45 bits per heavy atom. The van der Waals surface area contributed by atoms with Crippen molar-refractivity contribution in [2.45, 2.75) is 18.9 Å². The second-order valence-electron chi connectivity index (χ2n) is 5.17. The molecule has 0 radical (unpaired) electrons. The van der Waals surface area contributed by atoms with Gasteiger partial charge in [-0.05, 0) is 43.3 Å². The summed E-state index contributed by atoms with van der Waals surface area (Å²) in [5.74, 6) is -1.01. The predicted molar refractivity (Wildman–Crippen MR) is 81.0 cm³/mol. The number of rotatable bonds is 3. The molecule has 3 N–H and O–H groups in total. The van der Waals surface area contributed by atoms with Crippen LogP contribution in [0.2, 0.25) is 0 Å². The monoisotopic (exact) mass is 321 g/mol. The minimum absolute atomic E-state index is 0.192. The van der Waals surface area contributed by atoms with Gasteiger partial charge in [-0.2, -0.15) is 5.21 Å². The first-order valence-electron chi connectivity index (χ1n) is 6.87. The first-order valence-corrected chi connectivity index (χ1v) is 7.28. The predicted octanol–water partition coefficient (Wildman–Crippen LogP) is 0.984. The lowest BCUT2D eigenvalue weighted by molar-refractivity contribution is 0.0696. The van der Waals surface area contributed by atoms with Crippen LogP contribution in [-0.2, 0) is 0 Å². The van der Waals surface area contributed by atoms with E-state index in [1.54, 1.807) is 12.1 Å². The van der Waals surface area contributed by atoms with E-state index < -0.39 is 12.1 Å². The summed E-state index contributed by atoms with van der Waals surface area (Å²) in [6.45, 7) is 1.11. The van der Waals surface area contributed by atoms with E-state index in [0.29, 0.717) is 24.5 Å². The summed E-state index contributed by atoms with van der Waals surface area (Å²) in [4.78, 5) is 13.3. The number of aliphatic hydroxyl groups is 1. The number of tetrazole rings is 1. The molecule has 8 nitrogen and oxygen atoms in total. The zero-order chi connectivity index (χ0) is 15.7. The van der Waals surface area contributed by atoms with Gasteiger partial charge in [0.05, 0.1) is 23.0 Å². The van der Waals surface area contributed by atoms with E-state index >= 15 is 0 Å². The molecular weight excluding hydrogens is 306 g/mol. The van der Waals surface area contributed by atoms with Crippen LogP contribution in [-0.4, -0.2) is 55.6 Å². The number of piperidine rings is 1. The Morgan fingerprint density at radius 2 is 2.27 bits per heavy atom. The number of H-pyrrole nitrogens is 1. The van der Waals surface area contributed by atoms with Gasteiger partial charge in [-0.15, -0.1) is 0 Å². The second kappa shape index (κ2) is 5.85. The smallest absolute Gasteiger partial charge is 0.337 e. The number of benzene rings is 1. The van der Waals surface area contributed by atoms with Crippen molar-refractivity contribution in [2.24, 2.45) is 0 Å². The summed E-state index contributed by atoms with van der Waals surface area (Å²) in [6.07, 6.45) is 1.10. The molecule has 3 rings (SSSR count). The molecule has 1 unspecified atom stereocenters. The van der Waals surface area contributed by atoms with Crippen molar-refractivity contribution in [2.75, 3.05) is 18.0 Å². The van der Waals surface area contributed by atoms with Crippen molar-refractivity contribution in [1.29, 1.82) is 0 Å². The Balaban J connectivity index is 2.07. The Labute approximate surface area is 131 Å². The first kappa shape index (κ1) is 14.7. The molecule has 1 aliphatic heterocycles. The number of carboxylic acid groups (broad SMARTS) is 1. The third kappa shape index (κ3) is 2.72. The third-order valence-electron chi connectivity index (χ3n) is 3.68. The fourth-order valence-electron chi connectivity index (χ4n) is 2.64. The Hall–Kier alpha value is -2.26. The fraction of sp³-hybridized carbons (Fsp3) is 0.385. The molecule has 0 amide bonds. The molecule has 2 heterocycles. The van der Waals surface area contributed by atoms with Gasteiger partial charge in [-0.1, -0.05) is 10.3 Å². The highest BCUT2D eigenvalue weighted by molar-refractivity contribution is 7.71. The van der Waals surface area contributed by atoms with Gasteiger partial charge in [-0.3, -0.25) is 0 Å². The van der Waals surface area contributed by atoms with E-state index in [0.717, 1.165) is 12.8 Å². The maximum Gasteiger partial charge on any atom is 0.337 e. The highest BCUT2D eigenvalue weighted by atomic mass is 32.1. The molecular formula is C13H15N5O3S. The Morgan fingerprint density at radius 3 is 2.91 bits per heavy atom. The summed E-state index contributed by atoms with van der Waals surface area (Å²) in [5, 5.41) is 29.2. The summed E-state index contributed by atoms with van der Waals surface area (Å²) >= 11 is 5.06. The molecule has 0 bridgehead atoms. The third-order valence-corrected chi connectivity index (χ3v) is 3.94. The number of β-amino-alcohol motifs (C(OH)–C–C–N with tert-alkyl or cyclic N) is 1. The molecule has 1 fully saturated rings. The van der Waals surface area contributed by atoms with Crippen molar-refractivity contribution in [3.05, 3.63) is 28.5 Å². The average molecular weight is 321 g/mol. The van der Waals surface area contributed by atoms with Gasteiger partial charge >= 0.3 is 5.97 Å². The molecule has 116 valence electrons. The van der Waals surface area contributed by atoms with Gasteiger partial charge in [-0.25, -0.2) is 9.48 Å². The quantitative estimate of drug-likeness (QED) is 0.723. The van der Waals surface area contributed by atoms with Crippen molar-refractivity contribution in [3.8, 4) is 5.69 Å². The number of carboxylic acids is 1. The number of aromatic carboxylic acids is 1. The highest BCUT2D eigenvalue weighted by Crippen LogP contribution is 2.27. The topological polar surface area (TPSA) is 107 Å². The van der Waals surface area contributed by atoms with Crippen molar-refractivity contribution < 1.29 is 15.0 Å². The minimum atomic E-state index is -1.01. The zero-order valence-corrected chi connectivity index (χ0v) is 12.5. The van der Waals surface area contributed by atoms with Crippen LogP contribution in [0, 0.1) is 4.77 Å². The zero-order valence-electron chi connectivity index (χ0n) is 11.6. The highest BCUT2D eigenvalue weighted by Gasteiger charge is 2.23. The summed E-state index contributed by atoms with van der Waals surface area (Å²) < 4.78 is 1.75. The Kier molecular flexibility index (Phi) is 3.90. The largest absolute Gasteiger partial charge is 0.478 e. The number of anilines is 1. The number of hydrogen-bond donors (Lipinski definition) is 3. The SMILES string of the molecule is O=C(O)c1ccc(-n2[nH]nnc2=S)cc1N1CCCC(O)C1. The van der Waals surface area contributed by atoms with E-state index in [1.807, 2.05) is 4.90 Å². The maximum absolute atomic E-state index is 11.5. The van der Waals surface area contributed by atoms with Crippen LogP contribution in [0.3, 0.4) is 0 Å². The molecule has 2 aromatic rings. The summed E-state index contributed by atoms with van der Waals surface area (Å²) in [5.41, 5.74) is 1.40. The standard InChI is InChI=1S/C13H15N5O3S/c19-9-2-1-5-17(7-9)11-6-8(3-4-10(11)12(20)21)18-13(22)14-15-16-18/h3-4,6,9,19H,1-2,5,7H2,(H,20,21)(H,14,16,22). The number of hydrogen-bond acceptors (Lipinski definition) is 6. The lowest BCUT2D eigenvalue weighted by atomic mass is 10.0. The van der Waals surface area contributed by atoms with E-state index in [2.05, 4.69) is 15.5 Å².